The molecule has 5 aromatic rings. The van der Waals surface area contributed by atoms with Crippen LogP contribution in [0, 0.1) is 0 Å². The summed E-state index contributed by atoms with van der Waals surface area (Å²) in [5.41, 5.74) is 8.29. The van der Waals surface area contributed by atoms with E-state index in [-0.39, 0.29) is 0 Å². The molecule has 0 fully saturated rings. The molecule has 5 rings (SSSR count). The molecule has 0 N–H and O–H groups in total. The SMILES string of the molecule is COc1ccc(-c2ccc(-n3cc(-c4ccccc4)cc3-c3ccccc3)cc2)cc1. The van der Waals surface area contributed by atoms with Gasteiger partial charge in [0.1, 0.15) is 5.75 Å². The Morgan fingerprint density at radius 3 is 1.61 bits per heavy atom. The van der Waals surface area contributed by atoms with Crippen molar-refractivity contribution in [3.05, 3.63) is 121 Å². The molecule has 1 heterocycles. The standard InChI is InChI=1S/C29H23NO/c1-31-28-18-14-24(15-19-28)23-12-16-27(17-13-23)30-21-26(22-8-4-2-5-9-22)20-29(30)25-10-6-3-7-11-25/h2-21H,1H3. The van der Waals surface area contributed by atoms with Gasteiger partial charge in [0.25, 0.3) is 0 Å². The van der Waals surface area contributed by atoms with E-state index in [2.05, 4.69) is 114 Å². The van der Waals surface area contributed by atoms with Crippen LogP contribution in [0.3, 0.4) is 0 Å². The lowest BCUT2D eigenvalue weighted by Crippen LogP contribution is -1.95. The van der Waals surface area contributed by atoms with Crippen molar-refractivity contribution in [1.29, 1.82) is 0 Å². The maximum absolute atomic E-state index is 5.27. The van der Waals surface area contributed by atoms with E-state index in [0.717, 1.165) is 11.4 Å². The molecule has 0 atom stereocenters. The zero-order valence-corrected chi connectivity index (χ0v) is 17.4. The van der Waals surface area contributed by atoms with Crippen LogP contribution in [0.25, 0.3) is 39.2 Å². The molecular formula is C29H23NO. The first kappa shape index (κ1) is 19.0. The number of hydrogen-bond acceptors (Lipinski definition) is 1. The van der Waals surface area contributed by atoms with E-state index in [9.17, 15) is 0 Å². The van der Waals surface area contributed by atoms with Crippen LogP contribution in [0.2, 0.25) is 0 Å². The monoisotopic (exact) mass is 401 g/mol. The highest BCUT2D eigenvalue weighted by atomic mass is 16.5. The third kappa shape index (κ3) is 3.88. The molecule has 4 aromatic carbocycles. The Bertz CT molecular complexity index is 1270. The van der Waals surface area contributed by atoms with Crippen molar-refractivity contribution >= 4 is 0 Å². The van der Waals surface area contributed by atoms with Crippen molar-refractivity contribution in [3.8, 4) is 44.9 Å². The highest BCUT2D eigenvalue weighted by molar-refractivity contribution is 5.74. The Balaban J connectivity index is 1.56. The summed E-state index contributed by atoms with van der Waals surface area (Å²) < 4.78 is 7.55. The van der Waals surface area contributed by atoms with Crippen molar-refractivity contribution in [2.24, 2.45) is 0 Å². The molecule has 2 heteroatoms. The molecule has 0 amide bonds. The van der Waals surface area contributed by atoms with Crippen LogP contribution in [0.15, 0.2) is 121 Å². The molecule has 1 aromatic heterocycles. The lowest BCUT2D eigenvalue weighted by molar-refractivity contribution is 0.415. The van der Waals surface area contributed by atoms with Crippen molar-refractivity contribution in [2.75, 3.05) is 7.11 Å². The summed E-state index contributed by atoms with van der Waals surface area (Å²) in [6.07, 6.45) is 2.22. The van der Waals surface area contributed by atoms with E-state index in [1.807, 2.05) is 12.1 Å². The Hall–Kier alpha value is -4.04. The Morgan fingerprint density at radius 1 is 0.516 bits per heavy atom. The number of nitrogens with zero attached hydrogens (tertiary/aromatic N) is 1. The van der Waals surface area contributed by atoms with Crippen molar-refractivity contribution in [1.82, 2.24) is 4.57 Å². The van der Waals surface area contributed by atoms with Crippen LogP contribution < -0.4 is 4.74 Å². The number of ether oxygens (including phenoxy) is 1. The highest BCUT2D eigenvalue weighted by Gasteiger charge is 2.11. The summed E-state index contributed by atoms with van der Waals surface area (Å²) in [5, 5.41) is 0. The van der Waals surface area contributed by atoms with Crippen LogP contribution in [0.1, 0.15) is 0 Å². The highest BCUT2D eigenvalue weighted by Crippen LogP contribution is 2.32. The molecule has 31 heavy (non-hydrogen) atoms. The van der Waals surface area contributed by atoms with Gasteiger partial charge in [-0.15, -0.1) is 0 Å². The topological polar surface area (TPSA) is 14.2 Å². The minimum absolute atomic E-state index is 0.869. The predicted molar refractivity (Wildman–Crippen MR) is 129 cm³/mol. The number of hydrogen-bond donors (Lipinski definition) is 0. The molecule has 2 nitrogen and oxygen atoms in total. The molecular weight excluding hydrogens is 378 g/mol. The Morgan fingerprint density at radius 2 is 1.03 bits per heavy atom. The first-order valence-electron chi connectivity index (χ1n) is 10.4. The molecule has 0 aliphatic carbocycles. The maximum Gasteiger partial charge on any atom is 0.118 e. The number of methoxy groups -OCH3 is 1. The summed E-state index contributed by atoms with van der Waals surface area (Å²) in [7, 11) is 1.69. The molecule has 0 aliphatic heterocycles. The van der Waals surface area contributed by atoms with Gasteiger partial charge in [0.2, 0.25) is 0 Å². The molecule has 0 saturated carbocycles. The van der Waals surface area contributed by atoms with Gasteiger partial charge in [-0.25, -0.2) is 0 Å². The second-order valence-electron chi connectivity index (χ2n) is 7.49. The van der Waals surface area contributed by atoms with E-state index in [0.29, 0.717) is 0 Å². The minimum Gasteiger partial charge on any atom is -0.497 e. The van der Waals surface area contributed by atoms with Crippen molar-refractivity contribution < 1.29 is 4.74 Å². The number of aromatic nitrogens is 1. The Labute approximate surface area is 183 Å². The summed E-state index contributed by atoms with van der Waals surface area (Å²) in [4.78, 5) is 0. The van der Waals surface area contributed by atoms with E-state index in [1.54, 1.807) is 7.11 Å². The average molecular weight is 402 g/mol. The van der Waals surface area contributed by atoms with Crippen molar-refractivity contribution in [2.45, 2.75) is 0 Å². The zero-order chi connectivity index (χ0) is 21.0. The third-order valence-corrected chi connectivity index (χ3v) is 5.57. The van der Waals surface area contributed by atoms with Crippen LogP contribution >= 0.6 is 0 Å². The lowest BCUT2D eigenvalue weighted by atomic mass is 10.1. The van der Waals surface area contributed by atoms with Crippen LogP contribution in [-0.4, -0.2) is 11.7 Å². The number of benzene rings is 4. The first-order chi connectivity index (χ1) is 15.3. The second-order valence-corrected chi connectivity index (χ2v) is 7.49. The van der Waals surface area contributed by atoms with Gasteiger partial charge in [-0.2, -0.15) is 0 Å². The average Bonchev–Trinajstić information content (AvgIpc) is 3.31. The lowest BCUT2D eigenvalue weighted by Gasteiger charge is -2.11. The fraction of sp³-hybridized carbons (Fsp3) is 0.0345. The van der Waals surface area contributed by atoms with Crippen molar-refractivity contribution in [3.63, 3.8) is 0 Å². The van der Waals surface area contributed by atoms with Crippen LogP contribution in [0.5, 0.6) is 5.75 Å². The molecule has 0 spiro atoms. The van der Waals surface area contributed by atoms with Gasteiger partial charge >= 0.3 is 0 Å². The maximum atomic E-state index is 5.27. The summed E-state index contributed by atoms with van der Waals surface area (Å²) >= 11 is 0. The summed E-state index contributed by atoms with van der Waals surface area (Å²) in [5.74, 6) is 0.869. The van der Waals surface area contributed by atoms with E-state index in [1.165, 1.54) is 33.5 Å². The van der Waals surface area contributed by atoms with E-state index in [4.69, 9.17) is 4.74 Å². The largest absolute Gasteiger partial charge is 0.497 e. The second kappa shape index (κ2) is 8.37. The van der Waals surface area contributed by atoms with Gasteiger partial charge in [-0.05, 0) is 52.6 Å². The van der Waals surface area contributed by atoms with Crippen LogP contribution in [-0.2, 0) is 0 Å². The van der Waals surface area contributed by atoms with E-state index >= 15 is 0 Å². The normalized spacial score (nSPS) is 10.7. The quantitative estimate of drug-likeness (QED) is 0.298. The summed E-state index contributed by atoms with van der Waals surface area (Å²) in [6, 6.07) is 40.2. The predicted octanol–water partition coefficient (Wildman–Crippen LogP) is 7.49. The fourth-order valence-corrected chi connectivity index (χ4v) is 3.89. The molecule has 0 saturated heterocycles. The minimum atomic E-state index is 0.869. The fourth-order valence-electron chi connectivity index (χ4n) is 3.89. The molecule has 150 valence electrons. The smallest absolute Gasteiger partial charge is 0.118 e. The van der Waals surface area contributed by atoms with Gasteiger partial charge < -0.3 is 9.30 Å². The Kier molecular flexibility index (Phi) is 5.12. The van der Waals surface area contributed by atoms with Crippen LogP contribution in [0.4, 0.5) is 0 Å². The third-order valence-electron chi connectivity index (χ3n) is 5.57. The van der Waals surface area contributed by atoms with Gasteiger partial charge in [-0.3, -0.25) is 0 Å². The zero-order valence-electron chi connectivity index (χ0n) is 17.4. The van der Waals surface area contributed by atoms with Gasteiger partial charge in [-0.1, -0.05) is 84.9 Å². The van der Waals surface area contributed by atoms with Gasteiger partial charge in [0.05, 0.1) is 12.8 Å². The summed E-state index contributed by atoms with van der Waals surface area (Å²) in [6.45, 7) is 0. The van der Waals surface area contributed by atoms with Gasteiger partial charge in [0, 0.05) is 17.4 Å². The molecule has 0 aliphatic rings. The number of rotatable bonds is 5. The molecule has 0 bridgehead atoms. The molecule has 0 radical (unpaired) electrons. The molecule has 0 unspecified atom stereocenters. The first-order valence-corrected chi connectivity index (χ1v) is 10.4. The van der Waals surface area contributed by atoms with E-state index < -0.39 is 0 Å². The van der Waals surface area contributed by atoms with Gasteiger partial charge in [0.15, 0.2) is 0 Å².